The van der Waals surface area contributed by atoms with Crippen LogP contribution < -0.4 is 4.74 Å². The molecule has 1 aliphatic rings. The van der Waals surface area contributed by atoms with Crippen LogP contribution in [0.1, 0.15) is 51.5 Å². The molecule has 1 aliphatic heterocycles. The fourth-order valence-electron chi connectivity index (χ4n) is 3.49. The van der Waals surface area contributed by atoms with E-state index in [2.05, 4.69) is 0 Å². The first-order chi connectivity index (χ1) is 12.2. The van der Waals surface area contributed by atoms with Gasteiger partial charge < -0.3 is 14.6 Å². The normalized spacial score (nSPS) is 18.8. The van der Waals surface area contributed by atoms with E-state index < -0.39 is 5.60 Å². The predicted molar refractivity (Wildman–Crippen MR) is 101 cm³/mol. The van der Waals surface area contributed by atoms with Crippen LogP contribution in [0.3, 0.4) is 0 Å². The third kappa shape index (κ3) is 3.16. The molecule has 138 valence electrons. The molecule has 0 bridgehead atoms. The Balaban J connectivity index is 1.79. The highest BCUT2D eigenvalue weighted by Gasteiger charge is 2.36. The monoisotopic (exact) mass is 354 g/mol. The summed E-state index contributed by atoms with van der Waals surface area (Å²) in [5.74, 6) is 0.839. The van der Waals surface area contributed by atoms with Gasteiger partial charge in [-0.05, 0) is 75.8 Å². The van der Waals surface area contributed by atoms with Crippen LogP contribution in [-0.4, -0.2) is 23.3 Å². The van der Waals surface area contributed by atoms with E-state index in [9.17, 15) is 9.90 Å². The van der Waals surface area contributed by atoms with E-state index in [-0.39, 0.29) is 12.6 Å². The Bertz CT molecular complexity index is 869. The molecule has 26 heavy (non-hydrogen) atoms. The first-order valence-electron chi connectivity index (χ1n) is 8.97. The van der Waals surface area contributed by atoms with E-state index in [1.807, 2.05) is 52.8 Å². The van der Waals surface area contributed by atoms with Gasteiger partial charge in [-0.1, -0.05) is 18.2 Å². The molecular formula is C22H26O4. The van der Waals surface area contributed by atoms with Gasteiger partial charge in [-0.25, -0.2) is 4.79 Å². The summed E-state index contributed by atoms with van der Waals surface area (Å²) in [6.45, 7) is 9.83. The predicted octanol–water partition coefficient (Wildman–Crippen LogP) is 4.57. The lowest BCUT2D eigenvalue weighted by Gasteiger charge is -2.37. The maximum atomic E-state index is 12.4. The molecule has 4 nitrogen and oxygen atoms in total. The average Bonchev–Trinajstić information content (AvgIpc) is 2.63. The van der Waals surface area contributed by atoms with Crippen LogP contribution in [0.15, 0.2) is 24.3 Å². The second-order valence-corrected chi connectivity index (χ2v) is 7.47. The lowest BCUT2D eigenvalue weighted by atomic mass is 9.87. The Morgan fingerprint density at radius 2 is 1.85 bits per heavy atom. The van der Waals surface area contributed by atoms with E-state index in [0.29, 0.717) is 11.3 Å². The van der Waals surface area contributed by atoms with Crippen LogP contribution in [0, 0.1) is 27.7 Å². The number of rotatable bonds is 3. The van der Waals surface area contributed by atoms with E-state index in [1.165, 1.54) is 0 Å². The third-order valence-electron chi connectivity index (χ3n) is 5.47. The summed E-state index contributed by atoms with van der Waals surface area (Å²) < 4.78 is 11.9. The number of phenolic OH excluding ortho intramolecular Hbond substituents is 1. The van der Waals surface area contributed by atoms with Crippen LogP contribution in [0.25, 0.3) is 0 Å². The summed E-state index contributed by atoms with van der Waals surface area (Å²) in [7, 11) is 0. The van der Waals surface area contributed by atoms with Gasteiger partial charge in [0.25, 0.3) is 0 Å². The first-order valence-corrected chi connectivity index (χ1v) is 8.97. The highest BCUT2D eigenvalue weighted by molar-refractivity contribution is 5.91. The highest BCUT2D eigenvalue weighted by atomic mass is 16.6. The molecule has 1 N–H and O–H groups in total. The topological polar surface area (TPSA) is 55.8 Å². The Kier molecular flexibility index (Phi) is 4.70. The molecule has 0 saturated heterocycles. The summed E-state index contributed by atoms with van der Waals surface area (Å²) in [4.78, 5) is 12.4. The van der Waals surface area contributed by atoms with E-state index >= 15 is 0 Å². The van der Waals surface area contributed by atoms with Crippen molar-refractivity contribution in [3.8, 4) is 11.5 Å². The van der Waals surface area contributed by atoms with Crippen LogP contribution in [0.5, 0.6) is 11.5 Å². The average molecular weight is 354 g/mol. The smallest absolute Gasteiger partial charge is 0.338 e. The molecule has 0 spiro atoms. The van der Waals surface area contributed by atoms with Crippen molar-refractivity contribution in [3.05, 3.63) is 57.6 Å². The number of hydrogen-bond donors (Lipinski definition) is 1. The second kappa shape index (κ2) is 6.67. The molecule has 3 rings (SSSR count). The number of phenols is 1. The molecule has 0 aliphatic carbocycles. The van der Waals surface area contributed by atoms with Gasteiger partial charge in [-0.15, -0.1) is 0 Å². The Hall–Kier alpha value is -2.49. The SMILES string of the molecule is Cc1ccccc1C(=O)OCC1(C)CCc2c(C)c(O)c(C)c(C)c2O1. The molecule has 0 aromatic heterocycles. The maximum absolute atomic E-state index is 12.4. The Labute approximate surface area is 154 Å². The summed E-state index contributed by atoms with van der Waals surface area (Å²) in [6.07, 6.45) is 1.51. The molecule has 2 aromatic rings. The summed E-state index contributed by atoms with van der Waals surface area (Å²) in [5.41, 5.74) is 4.61. The molecule has 0 radical (unpaired) electrons. The number of fused-ring (bicyclic) bond motifs is 1. The van der Waals surface area contributed by atoms with Crippen molar-refractivity contribution in [2.45, 2.75) is 53.1 Å². The molecule has 0 amide bonds. The van der Waals surface area contributed by atoms with Crippen molar-refractivity contribution < 1.29 is 19.4 Å². The van der Waals surface area contributed by atoms with E-state index in [0.717, 1.165) is 46.4 Å². The number of carbonyl (C=O) groups excluding carboxylic acids is 1. The van der Waals surface area contributed by atoms with Gasteiger partial charge in [-0.3, -0.25) is 0 Å². The standard InChI is InChI=1S/C22H26O4/c1-13-8-6-7-9-17(13)21(24)25-12-22(5)11-10-18-16(4)19(23)14(2)15(3)20(18)26-22/h6-9,23H,10-12H2,1-5H3. The molecule has 0 fully saturated rings. The maximum Gasteiger partial charge on any atom is 0.338 e. The number of benzene rings is 2. The minimum absolute atomic E-state index is 0.192. The van der Waals surface area contributed by atoms with Crippen molar-refractivity contribution in [2.75, 3.05) is 6.61 Å². The van der Waals surface area contributed by atoms with Crippen LogP contribution in [-0.2, 0) is 11.2 Å². The zero-order valence-corrected chi connectivity index (χ0v) is 16.1. The van der Waals surface area contributed by atoms with Crippen molar-refractivity contribution >= 4 is 5.97 Å². The number of aryl methyl sites for hydroxylation is 1. The Morgan fingerprint density at radius 1 is 1.15 bits per heavy atom. The fraction of sp³-hybridized carbons (Fsp3) is 0.409. The third-order valence-corrected chi connectivity index (χ3v) is 5.47. The lowest BCUT2D eigenvalue weighted by Crippen LogP contribution is -2.42. The van der Waals surface area contributed by atoms with Crippen molar-refractivity contribution in [2.24, 2.45) is 0 Å². The van der Waals surface area contributed by atoms with Crippen molar-refractivity contribution in [1.82, 2.24) is 0 Å². The number of aromatic hydroxyl groups is 1. The Morgan fingerprint density at radius 3 is 2.54 bits per heavy atom. The van der Waals surface area contributed by atoms with Crippen molar-refractivity contribution in [3.63, 3.8) is 0 Å². The molecule has 1 atom stereocenters. The van der Waals surface area contributed by atoms with Gasteiger partial charge in [0.1, 0.15) is 23.7 Å². The first kappa shape index (κ1) is 18.3. The van der Waals surface area contributed by atoms with Gasteiger partial charge >= 0.3 is 5.97 Å². The summed E-state index contributed by atoms with van der Waals surface area (Å²) in [6, 6.07) is 7.40. The largest absolute Gasteiger partial charge is 0.507 e. The van der Waals surface area contributed by atoms with E-state index in [1.54, 1.807) is 6.07 Å². The number of esters is 1. The molecule has 1 unspecified atom stereocenters. The minimum Gasteiger partial charge on any atom is -0.507 e. The van der Waals surface area contributed by atoms with Gasteiger partial charge in [0, 0.05) is 5.56 Å². The zero-order chi connectivity index (χ0) is 19.1. The van der Waals surface area contributed by atoms with Gasteiger partial charge in [0.2, 0.25) is 0 Å². The number of ether oxygens (including phenoxy) is 2. The summed E-state index contributed by atoms with van der Waals surface area (Å²) >= 11 is 0. The number of hydrogen-bond acceptors (Lipinski definition) is 4. The van der Waals surface area contributed by atoms with Crippen molar-refractivity contribution in [1.29, 1.82) is 0 Å². The molecule has 1 heterocycles. The number of carbonyl (C=O) groups is 1. The van der Waals surface area contributed by atoms with Crippen LogP contribution >= 0.6 is 0 Å². The molecule has 2 aromatic carbocycles. The molecular weight excluding hydrogens is 328 g/mol. The highest BCUT2D eigenvalue weighted by Crippen LogP contribution is 2.43. The minimum atomic E-state index is -0.577. The zero-order valence-electron chi connectivity index (χ0n) is 16.1. The molecule has 0 saturated carbocycles. The van der Waals surface area contributed by atoms with E-state index in [4.69, 9.17) is 9.47 Å². The van der Waals surface area contributed by atoms with Crippen LogP contribution in [0.4, 0.5) is 0 Å². The quantitative estimate of drug-likeness (QED) is 0.821. The fourth-order valence-corrected chi connectivity index (χ4v) is 3.49. The lowest BCUT2D eigenvalue weighted by molar-refractivity contribution is -0.0165. The van der Waals surface area contributed by atoms with Gasteiger partial charge in [0.05, 0.1) is 5.56 Å². The van der Waals surface area contributed by atoms with Crippen LogP contribution in [0.2, 0.25) is 0 Å². The van der Waals surface area contributed by atoms with Gasteiger partial charge in [0.15, 0.2) is 0 Å². The molecule has 4 heteroatoms. The second-order valence-electron chi connectivity index (χ2n) is 7.47. The van der Waals surface area contributed by atoms with Gasteiger partial charge in [-0.2, -0.15) is 0 Å². The summed E-state index contributed by atoms with van der Waals surface area (Å²) in [5, 5.41) is 10.3.